The van der Waals surface area contributed by atoms with E-state index in [2.05, 4.69) is 17.2 Å². The molecule has 0 aliphatic heterocycles. The fourth-order valence-corrected chi connectivity index (χ4v) is 1.80. The SMILES string of the molecule is NCC#Cc1ccc(C(=O)Nc2ccc(Cl)cc2F)cc1. The van der Waals surface area contributed by atoms with E-state index in [0.717, 1.165) is 11.6 Å². The molecule has 3 N–H and O–H groups in total. The first-order chi connectivity index (χ1) is 10.1. The molecule has 0 aliphatic rings. The zero-order valence-electron chi connectivity index (χ0n) is 11.0. The quantitative estimate of drug-likeness (QED) is 0.838. The Morgan fingerprint density at radius 3 is 2.57 bits per heavy atom. The molecule has 0 spiro atoms. The van der Waals surface area contributed by atoms with Crippen LogP contribution >= 0.6 is 11.6 Å². The molecule has 5 heteroatoms. The molecule has 0 radical (unpaired) electrons. The van der Waals surface area contributed by atoms with Crippen molar-refractivity contribution in [3.8, 4) is 11.8 Å². The summed E-state index contributed by atoms with van der Waals surface area (Å²) in [7, 11) is 0. The molecule has 0 atom stereocenters. The molecule has 0 fully saturated rings. The van der Waals surface area contributed by atoms with Crippen molar-refractivity contribution in [1.82, 2.24) is 0 Å². The number of nitrogens with two attached hydrogens (primary N) is 1. The number of carbonyl (C=O) groups excluding carboxylic acids is 1. The van der Waals surface area contributed by atoms with E-state index >= 15 is 0 Å². The maximum absolute atomic E-state index is 13.6. The minimum Gasteiger partial charge on any atom is -0.320 e. The second-order valence-electron chi connectivity index (χ2n) is 4.16. The van der Waals surface area contributed by atoms with Crippen molar-refractivity contribution in [2.45, 2.75) is 0 Å². The topological polar surface area (TPSA) is 55.1 Å². The Kier molecular flexibility index (Phi) is 4.94. The van der Waals surface area contributed by atoms with Crippen molar-refractivity contribution < 1.29 is 9.18 Å². The highest BCUT2D eigenvalue weighted by Gasteiger charge is 2.09. The van der Waals surface area contributed by atoms with E-state index in [0.29, 0.717) is 5.56 Å². The Bertz CT molecular complexity index is 717. The standard InChI is InChI=1S/C16H12ClFN2O/c17-13-7-8-15(14(18)10-13)20-16(21)12-5-3-11(4-6-12)2-1-9-19/h3-8,10H,9,19H2,(H,20,21). The van der Waals surface area contributed by atoms with E-state index in [-0.39, 0.29) is 17.3 Å². The molecule has 2 aromatic rings. The van der Waals surface area contributed by atoms with Gasteiger partial charge < -0.3 is 11.1 Å². The number of nitrogens with one attached hydrogen (secondary N) is 1. The van der Waals surface area contributed by atoms with Gasteiger partial charge in [0.25, 0.3) is 5.91 Å². The molecule has 21 heavy (non-hydrogen) atoms. The molecule has 0 bridgehead atoms. The third kappa shape index (κ3) is 4.06. The summed E-state index contributed by atoms with van der Waals surface area (Å²) in [5.41, 5.74) is 6.53. The van der Waals surface area contributed by atoms with Crippen LogP contribution in [0, 0.1) is 17.7 Å². The van der Waals surface area contributed by atoms with E-state index in [1.807, 2.05) is 0 Å². The number of hydrogen-bond donors (Lipinski definition) is 2. The molecular weight excluding hydrogens is 291 g/mol. The molecule has 2 aromatic carbocycles. The van der Waals surface area contributed by atoms with Gasteiger partial charge in [-0.1, -0.05) is 23.4 Å². The maximum atomic E-state index is 13.6. The second kappa shape index (κ2) is 6.89. The van der Waals surface area contributed by atoms with Crippen LogP contribution in [0.3, 0.4) is 0 Å². The van der Waals surface area contributed by atoms with Crippen molar-refractivity contribution in [3.05, 3.63) is 64.4 Å². The van der Waals surface area contributed by atoms with Gasteiger partial charge in [0.2, 0.25) is 0 Å². The van der Waals surface area contributed by atoms with E-state index < -0.39 is 11.7 Å². The summed E-state index contributed by atoms with van der Waals surface area (Å²) in [5.74, 6) is 4.59. The van der Waals surface area contributed by atoms with Crippen molar-refractivity contribution >= 4 is 23.2 Å². The molecule has 0 saturated carbocycles. The van der Waals surface area contributed by atoms with Gasteiger partial charge in [0, 0.05) is 16.1 Å². The lowest BCUT2D eigenvalue weighted by molar-refractivity contribution is 0.102. The Morgan fingerprint density at radius 1 is 1.24 bits per heavy atom. The van der Waals surface area contributed by atoms with E-state index in [9.17, 15) is 9.18 Å². The summed E-state index contributed by atoms with van der Waals surface area (Å²) in [5, 5.41) is 2.76. The van der Waals surface area contributed by atoms with Crippen LogP contribution in [0.1, 0.15) is 15.9 Å². The van der Waals surface area contributed by atoms with E-state index in [1.165, 1.54) is 12.1 Å². The van der Waals surface area contributed by atoms with Gasteiger partial charge >= 0.3 is 0 Å². The first kappa shape index (κ1) is 15.0. The smallest absolute Gasteiger partial charge is 0.255 e. The summed E-state index contributed by atoms with van der Waals surface area (Å²) in [6.45, 7) is 0.276. The van der Waals surface area contributed by atoms with Crippen LogP contribution in [0.2, 0.25) is 5.02 Å². The average Bonchev–Trinajstić information content (AvgIpc) is 2.48. The fourth-order valence-electron chi connectivity index (χ4n) is 1.64. The third-order valence-electron chi connectivity index (χ3n) is 2.66. The van der Waals surface area contributed by atoms with Crippen LogP contribution in [0.25, 0.3) is 0 Å². The van der Waals surface area contributed by atoms with Crippen LogP contribution in [0.4, 0.5) is 10.1 Å². The number of anilines is 1. The molecule has 0 saturated heterocycles. The van der Waals surface area contributed by atoms with Crippen molar-refractivity contribution in [3.63, 3.8) is 0 Å². The summed E-state index contributed by atoms with van der Waals surface area (Å²) in [6.07, 6.45) is 0. The first-order valence-corrected chi connectivity index (χ1v) is 6.53. The Labute approximate surface area is 126 Å². The molecule has 3 nitrogen and oxygen atoms in total. The number of rotatable bonds is 2. The lowest BCUT2D eigenvalue weighted by Crippen LogP contribution is -2.12. The lowest BCUT2D eigenvalue weighted by atomic mass is 10.1. The predicted molar refractivity (Wildman–Crippen MR) is 81.7 cm³/mol. The first-order valence-electron chi connectivity index (χ1n) is 6.15. The van der Waals surface area contributed by atoms with E-state index in [1.54, 1.807) is 24.3 Å². The fraction of sp³-hybridized carbons (Fsp3) is 0.0625. The van der Waals surface area contributed by atoms with Gasteiger partial charge in [0.1, 0.15) is 5.82 Å². The average molecular weight is 303 g/mol. The molecule has 0 heterocycles. The largest absolute Gasteiger partial charge is 0.320 e. The minimum atomic E-state index is -0.582. The number of hydrogen-bond acceptors (Lipinski definition) is 2. The molecule has 106 valence electrons. The van der Waals surface area contributed by atoms with Crippen LogP contribution in [0.5, 0.6) is 0 Å². The Hall–Kier alpha value is -2.35. The van der Waals surface area contributed by atoms with Crippen LogP contribution in [-0.2, 0) is 0 Å². The van der Waals surface area contributed by atoms with Gasteiger partial charge in [-0.25, -0.2) is 4.39 Å². The van der Waals surface area contributed by atoms with Crippen LogP contribution in [0.15, 0.2) is 42.5 Å². The Balaban J connectivity index is 2.13. The summed E-state index contributed by atoms with van der Waals surface area (Å²) < 4.78 is 13.6. The molecule has 0 aromatic heterocycles. The maximum Gasteiger partial charge on any atom is 0.255 e. The minimum absolute atomic E-state index is 0.0800. The normalized spacial score (nSPS) is 9.67. The third-order valence-corrected chi connectivity index (χ3v) is 2.90. The summed E-state index contributed by atoms with van der Waals surface area (Å²) in [6, 6.07) is 10.7. The Morgan fingerprint density at radius 2 is 1.95 bits per heavy atom. The van der Waals surface area contributed by atoms with Crippen molar-refractivity contribution in [2.75, 3.05) is 11.9 Å². The summed E-state index contributed by atoms with van der Waals surface area (Å²) >= 11 is 5.66. The molecular formula is C16H12ClFN2O. The van der Waals surface area contributed by atoms with Gasteiger partial charge in [0.15, 0.2) is 0 Å². The van der Waals surface area contributed by atoms with Gasteiger partial charge in [-0.15, -0.1) is 0 Å². The van der Waals surface area contributed by atoms with Gasteiger partial charge in [-0.3, -0.25) is 4.79 Å². The van der Waals surface area contributed by atoms with Crippen molar-refractivity contribution in [1.29, 1.82) is 0 Å². The highest BCUT2D eigenvalue weighted by molar-refractivity contribution is 6.30. The molecule has 0 unspecified atom stereocenters. The number of benzene rings is 2. The van der Waals surface area contributed by atoms with Gasteiger partial charge in [-0.05, 0) is 42.5 Å². The van der Waals surface area contributed by atoms with Crippen LogP contribution in [-0.4, -0.2) is 12.5 Å². The number of halogens is 2. The van der Waals surface area contributed by atoms with Crippen LogP contribution < -0.4 is 11.1 Å². The molecule has 1 amide bonds. The highest BCUT2D eigenvalue weighted by atomic mass is 35.5. The monoisotopic (exact) mass is 302 g/mol. The summed E-state index contributed by atoms with van der Waals surface area (Å²) in [4.78, 5) is 12.0. The lowest BCUT2D eigenvalue weighted by Gasteiger charge is -2.06. The highest BCUT2D eigenvalue weighted by Crippen LogP contribution is 2.19. The van der Waals surface area contributed by atoms with Crippen molar-refractivity contribution in [2.24, 2.45) is 5.73 Å². The zero-order chi connectivity index (χ0) is 15.2. The number of amides is 1. The zero-order valence-corrected chi connectivity index (χ0v) is 11.7. The second-order valence-corrected chi connectivity index (χ2v) is 4.60. The number of carbonyl (C=O) groups is 1. The predicted octanol–water partition coefficient (Wildman–Crippen LogP) is 3.04. The van der Waals surface area contributed by atoms with E-state index in [4.69, 9.17) is 17.3 Å². The van der Waals surface area contributed by atoms with Gasteiger partial charge in [0.05, 0.1) is 12.2 Å². The molecule has 2 rings (SSSR count). The molecule has 0 aliphatic carbocycles. The van der Waals surface area contributed by atoms with Gasteiger partial charge in [-0.2, -0.15) is 0 Å².